The molecule has 1 amide bonds. The lowest BCUT2D eigenvalue weighted by Crippen LogP contribution is -2.31. The molecule has 134 valence electrons. The normalized spacial score (nSPS) is 11.2. The highest BCUT2D eigenvalue weighted by Gasteiger charge is 2.15. The van der Waals surface area contributed by atoms with Gasteiger partial charge in [0.25, 0.3) is 5.91 Å². The van der Waals surface area contributed by atoms with E-state index in [1.54, 1.807) is 7.05 Å². The summed E-state index contributed by atoms with van der Waals surface area (Å²) in [5.74, 6) is 0.564. The summed E-state index contributed by atoms with van der Waals surface area (Å²) in [7, 11) is -0.481. The Hall–Kier alpha value is -2.38. The van der Waals surface area contributed by atoms with Gasteiger partial charge in [0, 0.05) is 12.6 Å². The van der Waals surface area contributed by atoms with E-state index in [1.165, 1.54) is 36.2 Å². The number of nitrogens with one attached hydrogen (secondary N) is 1. The van der Waals surface area contributed by atoms with Crippen LogP contribution in [0, 0.1) is 6.92 Å². The molecule has 7 heteroatoms. The lowest BCUT2D eigenvalue weighted by Gasteiger charge is -2.18. The second-order valence-electron chi connectivity index (χ2n) is 5.62. The van der Waals surface area contributed by atoms with Gasteiger partial charge in [-0.3, -0.25) is 4.79 Å². The molecule has 0 heterocycles. The lowest BCUT2D eigenvalue weighted by atomic mass is 10.2. The molecule has 1 N–H and O–H groups in total. The summed E-state index contributed by atoms with van der Waals surface area (Å²) >= 11 is 0. The Bertz CT molecular complexity index is 815. The van der Waals surface area contributed by atoms with Crippen molar-refractivity contribution in [3.05, 3.63) is 59.7 Å². The topological polar surface area (TPSA) is 75.7 Å². The SMILES string of the molecule is CNS(=O)(=O)c1ccc(C(=O)N(C)CCOc2ccc(C)cc2)cc1. The van der Waals surface area contributed by atoms with Crippen LogP contribution in [0.15, 0.2) is 53.4 Å². The van der Waals surface area contributed by atoms with Crippen LogP contribution >= 0.6 is 0 Å². The van der Waals surface area contributed by atoms with Crippen molar-refractivity contribution in [1.82, 2.24) is 9.62 Å². The molecule has 2 aromatic carbocycles. The summed E-state index contributed by atoms with van der Waals surface area (Å²) in [6.45, 7) is 2.80. The van der Waals surface area contributed by atoms with Crippen molar-refractivity contribution < 1.29 is 17.9 Å². The molecular weight excluding hydrogens is 340 g/mol. The second-order valence-corrected chi connectivity index (χ2v) is 7.51. The van der Waals surface area contributed by atoms with E-state index in [0.29, 0.717) is 18.7 Å². The van der Waals surface area contributed by atoms with Crippen LogP contribution in [0.4, 0.5) is 0 Å². The first-order valence-electron chi connectivity index (χ1n) is 7.82. The van der Waals surface area contributed by atoms with E-state index in [1.807, 2.05) is 31.2 Å². The first-order chi connectivity index (χ1) is 11.8. The maximum Gasteiger partial charge on any atom is 0.253 e. The highest BCUT2D eigenvalue weighted by atomic mass is 32.2. The standard InChI is InChI=1S/C18H22N2O4S/c1-14-4-8-16(9-5-14)24-13-12-20(3)18(21)15-6-10-17(11-7-15)25(22,23)19-2/h4-11,19H,12-13H2,1-3H3. The van der Waals surface area contributed by atoms with Crippen molar-refractivity contribution in [2.75, 3.05) is 27.2 Å². The molecular formula is C18H22N2O4S. The van der Waals surface area contributed by atoms with Crippen LogP contribution in [0.3, 0.4) is 0 Å². The summed E-state index contributed by atoms with van der Waals surface area (Å²) in [6, 6.07) is 13.5. The van der Waals surface area contributed by atoms with E-state index in [-0.39, 0.29) is 10.8 Å². The molecule has 0 aromatic heterocycles. The Kier molecular flexibility index (Phi) is 6.17. The Morgan fingerprint density at radius 2 is 1.68 bits per heavy atom. The van der Waals surface area contributed by atoms with Crippen LogP contribution in [-0.4, -0.2) is 46.5 Å². The molecule has 0 aliphatic carbocycles. The number of likely N-dealkylation sites (N-methyl/N-ethyl adjacent to an activating group) is 1. The van der Waals surface area contributed by atoms with Gasteiger partial charge in [-0.1, -0.05) is 17.7 Å². The van der Waals surface area contributed by atoms with Crippen LogP contribution in [-0.2, 0) is 10.0 Å². The van der Waals surface area contributed by atoms with Crippen molar-refractivity contribution in [1.29, 1.82) is 0 Å². The minimum Gasteiger partial charge on any atom is -0.492 e. The minimum absolute atomic E-state index is 0.122. The van der Waals surface area contributed by atoms with Gasteiger partial charge in [-0.05, 0) is 50.4 Å². The molecule has 0 aliphatic rings. The number of sulfonamides is 1. The zero-order valence-electron chi connectivity index (χ0n) is 14.5. The summed E-state index contributed by atoms with van der Waals surface area (Å²) < 4.78 is 31.2. The molecule has 6 nitrogen and oxygen atoms in total. The Balaban J connectivity index is 1.92. The van der Waals surface area contributed by atoms with Crippen molar-refractivity contribution in [3.63, 3.8) is 0 Å². The van der Waals surface area contributed by atoms with Crippen LogP contribution < -0.4 is 9.46 Å². The number of carbonyl (C=O) groups is 1. The average Bonchev–Trinajstić information content (AvgIpc) is 2.62. The maximum atomic E-state index is 12.4. The van der Waals surface area contributed by atoms with Crippen molar-refractivity contribution in [3.8, 4) is 5.75 Å². The second kappa shape index (κ2) is 8.13. The minimum atomic E-state index is -3.50. The molecule has 0 unspecified atom stereocenters. The number of ether oxygens (including phenoxy) is 1. The quantitative estimate of drug-likeness (QED) is 0.818. The molecule has 0 spiro atoms. The van der Waals surface area contributed by atoms with Crippen LogP contribution in [0.1, 0.15) is 15.9 Å². The van der Waals surface area contributed by atoms with Gasteiger partial charge in [-0.2, -0.15) is 0 Å². The predicted molar refractivity (Wildman–Crippen MR) is 96.3 cm³/mol. The van der Waals surface area contributed by atoms with Gasteiger partial charge in [-0.25, -0.2) is 13.1 Å². The monoisotopic (exact) mass is 362 g/mol. The number of nitrogens with zero attached hydrogens (tertiary/aromatic N) is 1. The van der Waals surface area contributed by atoms with Crippen LogP contribution in [0.5, 0.6) is 5.75 Å². The number of aryl methyl sites for hydroxylation is 1. The van der Waals surface area contributed by atoms with Gasteiger partial charge >= 0.3 is 0 Å². The average molecular weight is 362 g/mol. The maximum absolute atomic E-state index is 12.4. The van der Waals surface area contributed by atoms with Crippen molar-refractivity contribution >= 4 is 15.9 Å². The summed E-state index contributed by atoms with van der Waals surface area (Å²) in [4.78, 5) is 14.0. The van der Waals surface area contributed by atoms with Gasteiger partial charge in [0.2, 0.25) is 10.0 Å². The third kappa shape index (κ3) is 5.04. The van der Waals surface area contributed by atoms with Gasteiger partial charge < -0.3 is 9.64 Å². The van der Waals surface area contributed by atoms with Crippen molar-refractivity contribution in [2.45, 2.75) is 11.8 Å². The number of hydrogen-bond donors (Lipinski definition) is 1. The molecule has 0 saturated carbocycles. The Labute approximate surface area is 148 Å². The first kappa shape index (κ1) is 19.0. The van der Waals surface area contributed by atoms with Crippen LogP contribution in [0.25, 0.3) is 0 Å². The van der Waals surface area contributed by atoms with Gasteiger partial charge in [0.1, 0.15) is 12.4 Å². The largest absolute Gasteiger partial charge is 0.492 e. The number of hydrogen-bond acceptors (Lipinski definition) is 4. The van der Waals surface area contributed by atoms with Gasteiger partial charge in [0.15, 0.2) is 0 Å². The third-order valence-corrected chi connectivity index (χ3v) is 5.17. The molecule has 0 bridgehead atoms. The molecule has 0 radical (unpaired) electrons. The number of benzene rings is 2. The fraction of sp³-hybridized carbons (Fsp3) is 0.278. The van der Waals surface area contributed by atoms with Gasteiger partial charge in [-0.15, -0.1) is 0 Å². The van der Waals surface area contributed by atoms with E-state index in [2.05, 4.69) is 4.72 Å². The lowest BCUT2D eigenvalue weighted by molar-refractivity contribution is 0.0773. The fourth-order valence-corrected chi connectivity index (χ4v) is 2.88. The molecule has 0 fully saturated rings. The molecule has 2 rings (SSSR count). The highest BCUT2D eigenvalue weighted by molar-refractivity contribution is 7.89. The van der Waals surface area contributed by atoms with E-state index < -0.39 is 10.0 Å². The molecule has 0 aliphatic heterocycles. The zero-order valence-corrected chi connectivity index (χ0v) is 15.3. The van der Waals surface area contributed by atoms with E-state index >= 15 is 0 Å². The predicted octanol–water partition coefficient (Wildman–Crippen LogP) is 2.05. The van der Waals surface area contributed by atoms with Crippen molar-refractivity contribution in [2.24, 2.45) is 0 Å². The smallest absolute Gasteiger partial charge is 0.253 e. The highest BCUT2D eigenvalue weighted by Crippen LogP contribution is 2.13. The molecule has 0 saturated heterocycles. The van der Waals surface area contributed by atoms with Crippen LogP contribution in [0.2, 0.25) is 0 Å². The Morgan fingerprint density at radius 1 is 1.08 bits per heavy atom. The summed E-state index contributed by atoms with van der Waals surface area (Å²) in [5.41, 5.74) is 1.58. The Morgan fingerprint density at radius 3 is 2.24 bits per heavy atom. The fourth-order valence-electron chi connectivity index (χ4n) is 2.15. The number of carbonyl (C=O) groups excluding carboxylic acids is 1. The molecule has 2 aromatic rings. The zero-order chi connectivity index (χ0) is 18.4. The number of rotatable bonds is 7. The van der Waals surface area contributed by atoms with E-state index in [4.69, 9.17) is 4.74 Å². The van der Waals surface area contributed by atoms with E-state index in [9.17, 15) is 13.2 Å². The summed E-state index contributed by atoms with van der Waals surface area (Å²) in [6.07, 6.45) is 0. The molecule has 0 atom stereocenters. The number of amides is 1. The summed E-state index contributed by atoms with van der Waals surface area (Å²) in [5, 5.41) is 0. The first-order valence-corrected chi connectivity index (χ1v) is 9.30. The van der Waals surface area contributed by atoms with E-state index in [0.717, 1.165) is 11.3 Å². The van der Waals surface area contributed by atoms with Gasteiger partial charge in [0.05, 0.1) is 11.4 Å². The third-order valence-electron chi connectivity index (χ3n) is 3.74. The molecule has 25 heavy (non-hydrogen) atoms.